The SMILES string of the molecule is NCC1CCN(CCn2ccnc2)C1. The molecule has 1 aromatic rings. The fourth-order valence-corrected chi connectivity index (χ4v) is 1.98. The van der Waals surface area contributed by atoms with E-state index in [0.29, 0.717) is 0 Å². The van der Waals surface area contributed by atoms with Crippen molar-refractivity contribution in [2.45, 2.75) is 13.0 Å². The zero-order chi connectivity index (χ0) is 9.80. The highest BCUT2D eigenvalue weighted by molar-refractivity contribution is 4.78. The first-order valence-electron chi connectivity index (χ1n) is 5.26. The van der Waals surface area contributed by atoms with E-state index < -0.39 is 0 Å². The Kier molecular flexibility index (Phi) is 3.16. The van der Waals surface area contributed by atoms with Crippen molar-refractivity contribution in [3.8, 4) is 0 Å². The number of rotatable bonds is 4. The molecule has 0 aliphatic carbocycles. The summed E-state index contributed by atoms with van der Waals surface area (Å²) >= 11 is 0. The van der Waals surface area contributed by atoms with Crippen LogP contribution in [-0.4, -0.2) is 40.6 Å². The molecule has 2 rings (SSSR count). The van der Waals surface area contributed by atoms with Gasteiger partial charge in [0, 0.05) is 32.0 Å². The van der Waals surface area contributed by atoms with Gasteiger partial charge in [-0.25, -0.2) is 4.98 Å². The van der Waals surface area contributed by atoms with E-state index in [1.165, 1.54) is 19.5 Å². The summed E-state index contributed by atoms with van der Waals surface area (Å²) in [6.45, 7) is 5.37. The van der Waals surface area contributed by atoms with Crippen LogP contribution in [-0.2, 0) is 6.54 Å². The monoisotopic (exact) mass is 194 g/mol. The molecule has 0 spiro atoms. The molecule has 4 nitrogen and oxygen atoms in total. The molecular weight excluding hydrogens is 176 g/mol. The van der Waals surface area contributed by atoms with E-state index in [0.717, 1.165) is 25.6 Å². The maximum atomic E-state index is 5.64. The summed E-state index contributed by atoms with van der Waals surface area (Å²) in [5.41, 5.74) is 5.64. The van der Waals surface area contributed by atoms with Gasteiger partial charge in [-0.3, -0.25) is 0 Å². The summed E-state index contributed by atoms with van der Waals surface area (Å²) in [5.74, 6) is 0.720. The van der Waals surface area contributed by atoms with Crippen molar-refractivity contribution < 1.29 is 0 Å². The zero-order valence-corrected chi connectivity index (χ0v) is 8.47. The number of imidazole rings is 1. The van der Waals surface area contributed by atoms with Crippen molar-refractivity contribution in [3.63, 3.8) is 0 Å². The smallest absolute Gasteiger partial charge is 0.0946 e. The van der Waals surface area contributed by atoms with Crippen LogP contribution in [0.25, 0.3) is 0 Å². The third kappa shape index (κ3) is 2.33. The lowest BCUT2D eigenvalue weighted by atomic mass is 10.1. The van der Waals surface area contributed by atoms with Gasteiger partial charge in [-0.05, 0) is 25.4 Å². The van der Waals surface area contributed by atoms with E-state index in [2.05, 4.69) is 14.5 Å². The number of aromatic nitrogens is 2. The van der Waals surface area contributed by atoms with Crippen LogP contribution >= 0.6 is 0 Å². The molecule has 1 fully saturated rings. The predicted octanol–water partition coefficient (Wildman–Crippen LogP) is 0.164. The molecule has 78 valence electrons. The van der Waals surface area contributed by atoms with Gasteiger partial charge in [0.1, 0.15) is 0 Å². The maximum Gasteiger partial charge on any atom is 0.0946 e. The fourth-order valence-electron chi connectivity index (χ4n) is 1.98. The fraction of sp³-hybridized carbons (Fsp3) is 0.700. The van der Waals surface area contributed by atoms with Crippen molar-refractivity contribution in [2.75, 3.05) is 26.2 Å². The number of hydrogen-bond donors (Lipinski definition) is 1. The average Bonchev–Trinajstić information content (AvgIpc) is 2.86. The van der Waals surface area contributed by atoms with E-state index >= 15 is 0 Å². The van der Waals surface area contributed by atoms with Crippen LogP contribution in [0.5, 0.6) is 0 Å². The standard InChI is InChI=1S/C10H18N4/c11-7-10-1-3-13(8-10)5-6-14-4-2-12-9-14/h2,4,9-10H,1,3,5-8,11H2. The first-order chi connectivity index (χ1) is 6.88. The largest absolute Gasteiger partial charge is 0.336 e. The highest BCUT2D eigenvalue weighted by Crippen LogP contribution is 2.14. The molecule has 0 amide bonds. The van der Waals surface area contributed by atoms with Gasteiger partial charge in [0.05, 0.1) is 6.33 Å². The number of hydrogen-bond acceptors (Lipinski definition) is 3. The Hall–Kier alpha value is -0.870. The van der Waals surface area contributed by atoms with Crippen LogP contribution in [0.1, 0.15) is 6.42 Å². The summed E-state index contributed by atoms with van der Waals surface area (Å²) in [7, 11) is 0. The Balaban J connectivity index is 1.72. The summed E-state index contributed by atoms with van der Waals surface area (Å²) in [4.78, 5) is 6.51. The molecule has 0 aromatic carbocycles. The number of likely N-dealkylation sites (tertiary alicyclic amines) is 1. The lowest BCUT2D eigenvalue weighted by molar-refractivity contribution is 0.310. The normalized spacial score (nSPS) is 23.1. The second kappa shape index (κ2) is 4.57. The first-order valence-corrected chi connectivity index (χ1v) is 5.26. The van der Waals surface area contributed by atoms with Crippen LogP contribution in [0.2, 0.25) is 0 Å². The van der Waals surface area contributed by atoms with Crippen LogP contribution < -0.4 is 5.73 Å². The predicted molar refractivity (Wildman–Crippen MR) is 55.8 cm³/mol. The molecule has 1 atom stereocenters. The Morgan fingerprint density at radius 2 is 2.36 bits per heavy atom. The molecule has 1 aliphatic heterocycles. The van der Waals surface area contributed by atoms with Crippen molar-refractivity contribution in [2.24, 2.45) is 11.7 Å². The zero-order valence-electron chi connectivity index (χ0n) is 8.47. The number of nitrogens with zero attached hydrogens (tertiary/aromatic N) is 3. The Labute approximate surface area is 84.7 Å². The number of nitrogens with two attached hydrogens (primary N) is 1. The van der Waals surface area contributed by atoms with Gasteiger partial charge in [-0.2, -0.15) is 0 Å². The van der Waals surface area contributed by atoms with E-state index in [4.69, 9.17) is 5.73 Å². The van der Waals surface area contributed by atoms with Crippen LogP contribution in [0.3, 0.4) is 0 Å². The third-order valence-electron chi connectivity index (χ3n) is 2.94. The van der Waals surface area contributed by atoms with Crippen molar-refractivity contribution in [3.05, 3.63) is 18.7 Å². The maximum absolute atomic E-state index is 5.64. The lowest BCUT2D eigenvalue weighted by Gasteiger charge is -2.15. The van der Waals surface area contributed by atoms with Crippen molar-refractivity contribution >= 4 is 0 Å². The first kappa shape index (κ1) is 9.68. The molecule has 4 heteroatoms. The minimum Gasteiger partial charge on any atom is -0.336 e. The molecule has 14 heavy (non-hydrogen) atoms. The molecule has 2 N–H and O–H groups in total. The Bertz CT molecular complexity index is 257. The molecule has 1 unspecified atom stereocenters. The van der Waals surface area contributed by atoms with Crippen molar-refractivity contribution in [1.29, 1.82) is 0 Å². The molecule has 1 saturated heterocycles. The molecule has 1 aromatic heterocycles. The minimum atomic E-state index is 0.720. The van der Waals surface area contributed by atoms with Gasteiger partial charge in [0.2, 0.25) is 0 Å². The van der Waals surface area contributed by atoms with E-state index in [1.54, 1.807) is 0 Å². The molecule has 2 heterocycles. The Morgan fingerprint density at radius 1 is 1.43 bits per heavy atom. The van der Waals surface area contributed by atoms with Gasteiger partial charge in [-0.15, -0.1) is 0 Å². The molecular formula is C10H18N4. The van der Waals surface area contributed by atoms with E-state index in [9.17, 15) is 0 Å². The lowest BCUT2D eigenvalue weighted by Crippen LogP contribution is -2.26. The molecule has 0 radical (unpaired) electrons. The van der Waals surface area contributed by atoms with Gasteiger partial charge in [0.15, 0.2) is 0 Å². The highest BCUT2D eigenvalue weighted by atomic mass is 15.2. The van der Waals surface area contributed by atoms with Gasteiger partial charge in [-0.1, -0.05) is 0 Å². The summed E-state index contributed by atoms with van der Waals surface area (Å²) in [6, 6.07) is 0. The summed E-state index contributed by atoms with van der Waals surface area (Å²) < 4.78 is 2.12. The summed E-state index contributed by atoms with van der Waals surface area (Å²) in [5, 5.41) is 0. The molecule has 0 saturated carbocycles. The molecule has 0 bridgehead atoms. The minimum absolute atomic E-state index is 0.720. The summed E-state index contributed by atoms with van der Waals surface area (Å²) in [6.07, 6.45) is 6.97. The van der Waals surface area contributed by atoms with Gasteiger partial charge < -0.3 is 15.2 Å². The second-order valence-electron chi connectivity index (χ2n) is 3.99. The van der Waals surface area contributed by atoms with Gasteiger partial charge >= 0.3 is 0 Å². The average molecular weight is 194 g/mol. The Morgan fingerprint density at radius 3 is 3.00 bits per heavy atom. The van der Waals surface area contributed by atoms with Crippen LogP contribution in [0.4, 0.5) is 0 Å². The van der Waals surface area contributed by atoms with Crippen molar-refractivity contribution in [1.82, 2.24) is 14.5 Å². The molecule has 1 aliphatic rings. The van der Waals surface area contributed by atoms with Gasteiger partial charge in [0.25, 0.3) is 0 Å². The topological polar surface area (TPSA) is 47.1 Å². The second-order valence-corrected chi connectivity index (χ2v) is 3.99. The van der Waals surface area contributed by atoms with E-state index in [-0.39, 0.29) is 0 Å². The van der Waals surface area contributed by atoms with Crippen LogP contribution in [0, 0.1) is 5.92 Å². The van der Waals surface area contributed by atoms with Crippen LogP contribution in [0.15, 0.2) is 18.7 Å². The quantitative estimate of drug-likeness (QED) is 0.743. The van der Waals surface area contributed by atoms with E-state index in [1.807, 2.05) is 18.7 Å². The third-order valence-corrected chi connectivity index (χ3v) is 2.94. The highest BCUT2D eigenvalue weighted by Gasteiger charge is 2.20.